The summed E-state index contributed by atoms with van der Waals surface area (Å²) in [5.74, 6) is 0. The summed E-state index contributed by atoms with van der Waals surface area (Å²) in [5.41, 5.74) is 1.36. The quantitative estimate of drug-likeness (QED) is 0.296. The summed E-state index contributed by atoms with van der Waals surface area (Å²) >= 11 is 0. The van der Waals surface area contributed by atoms with E-state index < -0.39 is 8.32 Å². The second-order valence-corrected chi connectivity index (χ2v) is 8.89. The molecule has 0 saturated heterocycles. The summed E-state index contributed by atoms with van der Waals surface area (Å²) in [6, 6.07) is 0. The Hall–Kier alpha value is 1.12. The van der Waals surface area contributed by atoms with Gasteiger partial charge in [0.25, 0.3) is 0 Å². The van der Waals surface area contributed by atoms with E-state index >= 15 is 0 Å². The number of allylic oxidation sites excluding steroid dienone is 4. The summed E-state index contributed by atoms with van der Waals surface area (Å²) in [7, 11) is -1.28. The van der Waals surface area contributed by atoms with Crippen molar-refractivity contribution in [1.29, 1.82) is 0 Å². The average molecular weight is 357 g/mol. The van der Waals surface area contributed by atoms with Gasteiger partial charge in [0, 0.05) is 6.61 Å². The van der Waals surface area contributed by atoms with Crippen LogP contribution in [0.1, 0.15) is 19.3 Å². The van der Waals surface area contributed by atoms with Crippen molar-refractivity contribution in [1.82, 2.24) is 0 Å². The molecule has 1 rings (SSSR count). The molecule has 0 aromatic rings. The molecule has 16 heavy (non-hydrogen) atoms. The minimum absolute atomic E-state index is 0. The molecule has 1 aliphatic rings. The summed E-state index contributed by atoms with van der Waals surface area (Å²) < 4.78 is 5.76. The molecular formula is C11H19Cl2OSiZr. The third-order valence-corrected chi connectivity index (χ3v) is 2.96. The van der Waals surface area contributed by atoms with Gasteiger partial charge in [-0.25, -0.2) is 11.6 Å². The van der Waals surface area contributed by atoms with E-state index in [0.717, 1.165) is 25.9 Å². The van der Waals surface area contributed by atoms with E-state index in [1.807, 2.05) is 0 Å². The summed E-state index contributed by atoms with van der Waals surface area (Å²) in [4.78, 5) is 0. The Kier molecular flexibility index (Phi) is 15.7. The van der Waals surface area contributed by atoms with Crippen molar-refractivity contribution in [3.05, 3.63) is 23.8 Å². The molecule has 91 valence electrons. The largest absolute Gasteiger partial charge is 3.00 e. The SMILES string of the molecule is C[Si](C)(C)OCCCC1=[C-]CC=C1.[Cl-].[Cl-].[Zr+3]. The van der Waals surface area contributed by atoms with E-state index in [9.17, 15) is 0 Å². The Balaban J connectivity index is -0.000000563. The first-order chi connectivity index (χ1) is 6.08. The second kappa shape index (κ2) is 11.2. The first-order valence-electron chi connectivity index (χ1n) is 4.98. The molecule has 0 fully saturated rings. The van der Waals surface area contributed by atoms with Gasteiger partial charge < -0.3 is 29.2 Å². The zero-order valence-electron chi connectivity index (χ0n) is 10.1. The predicted molar refractivity (Wildman–Crippen MR) is 59.0 cm³/mol. The van der Waals surface area contributed by atoms with Gasteiger partial charge in [0.1, 0.15) is 0 Å². The maximum Gasteiger partial charge on any atom is 3.00 e. The normalized spacial score (nSPS) is 13.3. The number of hydrogen-bond donors (Lipinski definition) is 0. The van der Waals surface area contributed by atoms with E-state index in [2.05, 4.69) is 37.9 Å². The zero-order chi connectivity index (χ0) is 9.73. The fraction of sp³-hybridized carbons (Fsp3) is 0.636. The molecule has 0 aromatic carbocycles. The van der Waals surface area contributed by atoms with E-state index in [4.69, 9.17) is 4.43 Å². The van der Waals surface area contributed by atoms with Crippen LogP contribution < -0.4 is 24.8 Å². The van der Waals surface area contributed by atoms with Crippen LogP contribution in [-0.4, -0.2) is 14.9 Å². The van der Waals surface area contributed by atoms with Crippen molar-refractivity contribution >= 4 is 8.32 Å². The van der Waals surface area contributed by atoms with Crippen molar-refractivity contribution in [2.45, 2.75) is 38.9 Å². The Bertz CT molecular complexity index is 225. The van der Waals surface area contributed by atoms with Crippen molar-refractivity contribution in [2.24, 2.45) is 0 Å². The summed E-state index contributed by atoms with van der Waals surface area (Å²) in [6.07, 6.45) is 10.9. The molecule has 0 atom stereocenters. The van der Waals surface area contributed by atoms with Crippen LogP contribution in [0.5, 0.6) is 0 Å². The van der Waals surface area contributed by atoms with Crippen LogP contribution in [0.3, 0.4) is 0 Å². The molecule has 1 radical (unpaired) electrons. The van der Waals surface area contributed by atoms with Gasteiger partial charge in [-0.3, -0.25) is 6.08 Å². The van der Waals surface area contributed by atoms with Crippen LogP contribution in [0.25, 0.3) is 0 Å². The summed E-state index contributed by atoms with van der Waals surface area (Å²) in [6.45, 7) is 7.60. The van der Waals surface area contributed by atoms with E-state index in [1.165, 1.54) is 5.57 Å². The van der Waals surface area contributed by atoms with Gasteiger partial charge in [-0.05, 0) is 26.1 Å². The number of rotatable bonds is 5. The van der Waals surface area contributed by atoms with Gasteiger partial charge in [0.2, 0.25) is 0 Å². The van der Waals surface area contributed by atoms with E-state index in [-0.39, 0.29) is 51.0 Å². The zero-order valence-corrected chi connectivity index (χ0v) is 15.1. The van der Waals surface area contributed by atoms with Crippen molar-refractivity contribution in [3.8, 4) is 0 Å². The van der Waals surface area contributed by atoms with Gasteiger partial charge in [-0.2, -0.15) is 6.08 Å². The fourth-order valence-electron chi connectivity index (χ4n) is 1.26. The maximum absolute atomic E-state index is 5.76. The van der Waals surface area contributed by atoms with Crippen molar-refractivity contribution in [2.75, 3.05) is 6.61 Å². The Morgan fingerprint density at radius 2 is 1.94 bits per heavy atom. The molecule has 0 unspecified atom stereocenters. The molecule has 0 aliphatic heterocycles. The number of hydrogen-bond acceptors (Lipinski definition) is 1. The van der Waals surface area contributed by atoms with Crippen molar-refractivity contribution < 1.29 is 55.4 Å². The predicted octanol–water partition coefficient (Wildman–Crippen LogP) is -2.69. The average Bonchev–Trinajstić information content (AvgIpc) is 2.48. The Labute approximate surface area is 132 Å². The molecule has 1 nitrogen and oxygen atoms in total. The van der Waals surface area contributed by atoms with Crippen LogP contribution in [0.4, 0.5) is 0 Å². The fourth-order valence-corrected chi connectivity index (χ4v) is 2.02. The molecule has 0 bridgehead atoms. The maximum atomic E-state index is 5.76. The Morgan fingerprint density at radius 1 is 1.31 bits per heavy atom. The van der Waals surface area contributed by atoms with Crippen LogP contribution in [0.2, 0.25) is 19.6 Å². The standard InChI is InChI=1S/C11H19OSi.2ClH.Zr/c1-13(2,3)12-10-6-9-11-7-4-5-8-11;;;/h4,7H,5-6,9-10H2,1-3H3;2*1H;/q-1;;;+3/p-2. The topological polar surface area (TPSA) is 9.23 Å². The molecule has 5 heteroatoms. The minimum atomic E-state index is -1.28. The van der Waals surface area contributed by atoms with E-state index in [1.54, 1.807) is 0 Å². The van der Waals surface area contributed by atoms with E-state index in [0.29, 0.717) is 0 Å². The third kappa shape index (κ3) is 11.6. The third-order valence-electron chi connectivity index (χ3n) is 1.89. The van der Waals surface area contributed by atoms with Gasteiger partial charge in [0.05, 0.1) is 0 Å². The van der Waals surface area contributed by atoms with Gasteiger partial charge in [-0.1, -0.05) is 6.42 Å². The van der Waals surface area contributed by atoms with Gasteiger partial charge >= 0.3 is 26.2 Å². The number of halogens is 2. The smallest absolute Gasteiger partial charge is 1.00 e. The monoisotopic (exact) mass is 355 g/mol. The first kappa shape index (κ1) is 22.3. The molecule has 0 spiro atoms. The van der Waals surface area contributed by atoms with Gasteiger partial charge in [-0.15, -0.1) is 6.42 Å². The van der Waals surface area contributed by atoms with Crippen LogP contribution in [0, 0.1) is 6.08 Å². The van der Waals surface area contributed by atoms with Crippen LogP contribution >= 0.6 is 0 Å². The molecule has 0 saturated carbocycles. The molecular weight excluding hydrogens is 338 g/mol. The van der Waals surface area contributed by atoms with Crippen molar-refractivity contribution in [3.63, 3.8) is 0 Å². The second-order valence-electron chi connectivity index (χ2n) is 4.37. The Morgan fingerprint density at radius 3 is 2.38 bits per heavy atom. The van der Waals surface area contributed by atoms with Crippen LogP contribution in [0.15, 0.2) is 17.7 Å². The van der Waals surface area contributed by atoms with Crippen LogP contribution in [-0.2, 0) is 30.6 Å². The molecule has 0 aromatic heterocycles. The molecule has 0 N–H and O–H groups in total. The van der Waals surface area contributed by atoms with Gasteiger partial charge in [0.15, 0.2) is 8.32 Å². The molecule has 0 heterocycles. The minimum Gasteiger partial charge on any atom is -1.00 e. The summed E-state index contributed by atoms with van der Waals surface area (Å²) in [5, 5.41) is 0. The first-order valence-corrected chi connectivity index (χ1v) is 8.39. The molecule has 1 aliphatic carbocycles. The molecule has 0 amide bonds.